The van der Waals surface area contributed by atoms with Gasteiger partial charge >= 0.3 is 0 Å². The summed E-state index contributed by atoms with van der Waals surface area (Å²) in [5, 5.41) is 16.7. The minimum Gasteiger partial charge on any atom is -0.351 e. The second-order valence-electron chi connectivity index (χ2n) is 4.77. The first-order chi connectivity index (χ1) is 10.1. The third-order valence-corrected chi connectivity index (χ3v) is 3.32. The Labute approximate surface area is 121 Å². The highest BCUT2D eigenvalue weighted by molar-refractivity contribution is 5.98. The van der Waals surface area contributed by atoms with E-state index in [0.29, 0.717) is 13.1 Å². The minimum atomic E-state index is -0.756. The van der Waals surface area contributed by atoms with Crippen LogP contribution < -0.4 is 10.6 Å². The molecule has 1 aromatic rings. The number of amides is 1. The minimum absolute atomic E-state index is 0.123. The molecule has 0 bridgehead atoms. The first kappa shape index (κ1) is 15.3. The molecule has 2 rings (SSSR count). The molecule has 1 fully saturated rings. The molecule has 21 heavy (non-hydrogen) atoms. The molecule has 1 aliphatic heterocycles. The topological polar surface area (TPSA) is 87.5 Å². The van der Waals surface area contributed by atoms with Gasteiger partial charge in [0.15, 0.2) is 0 Å². The Kier molecular flexibility index (Phi) is 5.18. The fraction of sp³-hybridized carbons (Fsp3) is 0.462. The summed E-state index contributed by atoms with van der Waals surface area (Å²) in [7, 11) is 0. The van der Waals surface area contributed by atoms with Crippen molar-refractivity contribution in [2.24, 2.45) is 0 Å². The number of benzene rings is 1. The Morgan fingerprint density at radius 2 is 2.14 bits per heavy atom. The lowest BCUT2D eigenvalue weighted by atomic mass is 10.1. The number of nitro groups is 1. The largest absolute Gasteiger partial charge is 0.351 e. The molecular weight excluding hydrogens is 279 g/mol. The number of nitrogens with zero attached hydrogens (tertiary/aromatic N) is 2. The van der Waals surface area contributed by atoms with Crippen LogP contribution in [-0.4, -0.2) is 55.0 Å². The van der Waals surface area contributed by atoms with Crippen LogP contribution >= 0.6 is 0 Å². The lowest BCUT2D eigenvalue weighted by Gasteiger charge is -2.27. The van der Waals surface area contributed by atoms with Gasteiger partial charge in [-0.2, -0.15) is 0 Å². The summed E-state index contributed by atoms with van der Waals surface area (Å²) in [5.74, 6) is -1.30. The highest BCUT2D eigenvalue weighted by atomic mass is 19.1. The van der Waals surface area contributed by atoms with Crippen LogP contribution in [0.2, 0.25) is 0 Å². The van der Waals surface area contributed by atoms with Gasteiger partial charge in [0.1, 0.15) is 11.4 Å². The maximum atomic E-state index is 13.0. The number of nitro benzene ring substituents is 1. The van der Waals surface area contributed by atoms with Crippen molar-refractivity contribution in [1.82, 2.24) is 15.5 Å². The molecule has 0 saturated carbocycles. The third kappa shape index (κ3) is 4.20. The molecule has 1 amide bonds. The third-order valence-electron chi connectivity index (χ3n) is 3.32. The molecule has 1 aromatic carbocycles. The van der Waals surface area contributed by atoms with Crippen LogP contribution in [0.1, 0.15) is 10.4 Å². The molecule has 0 atom stereocenters. The van der Waals surface area contributed by atoms with Gasteiger partial charge < -0.3 is 10.6 Å². The van der Waals surface area contributed by atoms with Crippen molar-refractivity contribution >= 4 is 11.6 Å². The second-order valence-corrected chi connectivity index (χ2v) is 4.77. The Bertz CT molecular complexity index is 532. The van der Waals surface area contributed by atoms with E-state index in [1.807, 2.05) is 0 Å². The Morgan fingerprint density at radius 3 is 2.81 bits per heavy atom. The molecule has 0 aliphatic carbocycles. The molecule has 1 heterocycles. The lowest BCUT2D eigenvalue weighted by Crippen LogP contribution is -2.46. The van der Waals surface area contributed by atoms with E-state index in [9.17, 15) is 19.3 Å². The van der Waals surface area contributed by atoms with E-state index in [0.717, 1.165) is 44.4 Å². The molecule has 1 saturated heterocycles. The van der Waals surface area contributed by atoms with Gasteiger partial charge in [-0.25, -0.2) is 4.39 Å². The van der Waals surface area contributed by atoms with Crippen molar-refractivity contribution in [2.75, 3.05) is 39.3 Å². The van der Waals surface area contributed by atoms with Gasteiger partial charge in [0.25, 0.3) is 11.6 Å². The van der Waals surface area contributed by atoms with Crippen LogP contribution in [0.5, 0.6) is 0 Å². The van der Waals surface area contributed by atoms with Crippen LogP contribution in [0.4, 0.5) is 10.1 Å². The van der Waals surface area contributed by atoms with E-state index in [1.54, 1.807) is 0 Å². The highest BCUT2D eigenvalue weighted by Gasteiger charge is 2.20. The van der Waals surface area contributed by atoms with Crippen molar-refractivity contribution in [2.45, 2.75) is 0 Å². The number of rotatable bonds is 5. The number of nitrogens with one attached hydrogen (secondary N) is 2. The van der Waals surface area contributed by atoms with Crippen molar-refractivity contribution in [1.29, 1.82) is 0 Å². The molecule has 0 unspecified atom stereocenters. The number of halogens is 1. The quantitative estimate of drug-likeness (QED) is 0.605. The van der Waals surface area contributed by atoms with Crippen LogP contribution in [0.3, 0.4) is 0 Å². The molecule has 0 radical (unpaired) electrons. The van der Waals surface area contributed by atoms with Gasteiger partial charge in [0.2, 0.25) is 0 Å². The first-order valence-corrected chi connectivity index (χ1v) is 6.73. The summed E-state index contributed by atoms with van der Waals surface area (Å²) < 4.78 is 13.0. The van der Waals surface area contributed by atoms with Gasteiger partial charge in [0, 0.05) is 39.3 Å². The molecular formula is C13H17FN4O3. The average Bonchev–Trinajstić information content (AvgIpc) is 2.48. The Hall–Kier alpha value is -2.06. The maximum absolute atomic E-state index is 13.0. The average molecular weight is 296 g/mol. The van der Waals surface area contributed by atoms with Crippen molar-refractivity contribution in [3.63, 3.8) is 0 Å². The normalized spacial score (nSPS) is 15.7. The Morgan fingerprint density at radius 1 is 1.43 bits per heavy atom. The van der Waals surface area contributed by atoms with E-state index in [1.165, 1.54) is 0 Å². The van der Waals surface area contributed by atoms with Crippen molar-refractivity contribution in [3.05, 3.63) is 39.7 Å². The van der Waals surface area contributed by atoms with E-state index >= 15 is 0 Å². The predicted octanol–water partition coefficient (Wildman–Crippen LogP) is 0.369. The maximum Gasteiger partial charge on any atom is 0.285 e. The fourth-order valence-corrected chi connectivity index (χ4v) is 2.21. The molecule has 1 aliphatic rings. The monoisotopic (exact) mass is 296 g/mol. The number of hydrogen-bond donors (Lipinski definition) is 2. The lowest BCUT2D eigenvalue weighted by molar-refractivity contribution is -0.385. The Balaban J connectivity index is 1.92. The summed E-state index contributed by atoms with van der Waals surface area (Å²) >= 11 is 0. The smallest absolute Gasteiger partial charge is 0.285 e. The predicted molar refractivity (Wildman–Crippen MR) is 74.7 cm³/mol. The van der Waals surface area contributed by atoms with E-state index in [-0.39, 0.29) is 5.56 Å². The molecule has 8 heteroatoms. The summed E-state index contributed by atoms with van der Waals surface area (Å²) in [6.45, 7) is 4.73. The summed E-state index contributed by atoms with van der Waals surface area (Å²) in [5.41, 5.74) is -0.642. The second kappa shape index (κ2) is 7.09. The zero-order valence-corrected chi connectivity index (χ0v) is 11.5. The highest BCUT2D eigenvalue weighted by Crippen LogP contribution is 2.19. The molecule has 0 spiro atoms. The zero-order chi connectivity index (χ0) is 15.2. The summed E-state index contributed by atoms with van der Waals surface area (Å²) in [4.78, 5) is 24.2. The van der Waals surface area contributed by atoms with Gasteiger partial charge in [-0.3, -0.25) is 19.8 Å². The fourth-order valence-electron chi connectivity index (χ4n) is 2.21. The standard InChI is InChI=1S/C13H17FN4O3/c14-10-1-2-11(12(9-10)18(20)21)13(19)16-5-8-17-6-3-15-4-7-17/h1-2,9,15H,3-8H2,(H,16,19). The number of piperazine rings is 1. The van der Waals surface area contributed by atoms with Gasteiger partial charge in [0.05, 0.1) is 11.0 Å². The number of carbonyl (C=O) groups is 1. The first-order valence-electron chi connectivity index (χ1n) is 6.73. The molecule has 0 aromatic heterocycles. The van der Waals surface area contributed by atoms with E-state index < -0.39 is 22.3 Å². The molecule has 114 valence electrons. The number of hydrogen-bond acceptors (Lipinski definition) is 5. The van der Waals surface area contributed by atoms with Gasteiger partial charge in [-0.1, -0.05) is 0 Å². The van der Waals surface area contributed by atoms with Gasteiger partial charge in [-0.05, 0) is 12.1 Å². The molecule has 7 nitrogen and oxygen atoms in total. The van der Waals surface area contributed by atoms with Crippen LogP contribution in [0, 0.1) is 15.9 Å². The zero-order valence-electron chi connectivity index (χ0n) is 11.5. The van der Waals surface area contributed by atoms with Crippen LogP contribution in [0.15, 0.2) is 18.2 Å². The van der Waals surface area contributed by atoms with E-state index in [2.05, 4.69) is 15.5 Å². The summed E-state index contributed by atoms with van der Waals surface area (Å²) in [6.07, 6.45) is 0. The molecule has 2 N–H and O–H groups in total. The van der Waals surface area contributed by atoms with Crippen molar-refractivity contribution < 1.29 is 14.1 Å². The van der Waals surface area contributed by atoms with Gasteiger partial charge in [-0.15, -0.1) is 0 Å². The number of carbonyl (C=O) groups excluding carboxylic acids is 1. The van der Waals surface area contributed by atoms with Crippen molar-refractivity contribution in [3.8, 4) is 0 Å². The SMILES string of the molecule is O=C(NCCN1CCNCC1)c1ccc(F)cc1[N+](=O)[O-]. The van der Waals surface area contributed by atoms with Crippen LogP contribution in [-0.2, 0) is 0 Å². The van der Waals surface area contributed by atoms with E-state index in [4.69, 9.17) is 0 Å². The summed E-state index contributed by atoms with van der Waals surface area (Å²) in [6, 6.07) is 2.93. The van der Waals surface area contributed by atoms with Crippen LogP contribution in [0.25, 0.3) is 0 Å².